The molecule has 184 valence electrons. The number of hydrogen-bond donors (Lipinski definition) is 2. The Hall–Kier alpha value is -4.47. The van der Waals surface area contributed by atoms with E-state index in [1.54, 1.807) is 24.4 Å². The van der Waals surface area contributed by atoms with Gasteiger partial charge < -0.3 is 24.4 Å². The summed E-state index contributed by atoms with van der Waals surface area (Å²) in [4.78, 5) is 30.6. The normalized spacial score (nSPS) is 15.4. The first-order chi connectivity index (χ1) is 17.3. The molecule has 0 amide bonds. The maximum atomic E-state index is 15.4. The number of carboxylic acids is 1. The number of carbonyl (C=O) groups is 1. The molecule has 1 aliphatic heterocycles. The van der Waals surface area contributed by atoms with Crippen molar-refractivity contribution in [3.63, 3.8) is 0 Å². The van der Waals surface area contributed by atoms with Crippen LogP contribution in [0.5, 0.6) is 11.6 Å². The van der Waals surface area contributed by atoms with Gasteiger partial charge in [0.1, 0.15) is 18.0 Å². The summed E-state index contributed by atoms with van der Waals surface area (Å²) < 4.78 is 36.6. The molecule has 4 aromatic rings. The van der Waals surface area contributed by atoms with Crippen molar-refractivity contribution in [2.24, 2.45) is 0 Å². The number of carboxylic acid groups (broad SMARTS) is 1. The first kappa shape index (κ1) is 23.3. The number of ether oxygens (including phenoxy) is 1. The van der Waals surface area contributed by atoms with Gasteiger partial charge in [-0.15, -0.1) is 0 Å². The third kappa shape index (κ3) is 4.21. The lowest BCUT2D eigenvalue weighted by molar-refractivity contribution is 0.0695. The SMILES string of the molecule is O=C(O)c1cn(-c2ccc(O)c(F)c2)c2cc(N3CCC[C@@H]3COc3ccccn3)c(F)cc2c1=O. The molecule has 0 saturated carbocycles. The monoisotopic (exact) mass is 493 g/mol. The second-order valence-corrected chi connectivity index (χ2v) is 8.47. The molecule has 3 heterocycles. The Labute approximate surface area is 203 Å². The summed E-state index contributed by atoms with van der Waals surface area (Å²) in [5, 5.41) is 18.9. The predicted molar refractivity (Wildman–Crippen MR) is 128 cm³/mol. The number of phenols is 1. The van der Waals surface area contributed by atoms with Gasteiger partial charge in [0, 0.05) is 42.1 Å². The number of pyridine rings is 2. The van der Waals surface area contributed by atoms with Crippen LogP contribution in [-0.2, 0) is 0 Å². The average Bonchev–Trinajstić information content (AvgIpc) is 3.33. The van der Waals surface area contributed by atoms with E-state index >= 15 is 4.39 Å². The second kappa shape index (κ2) is 9.29. The molecule has 1 fully saturated rings. The number of aromatic nitrogens is 2. The molecule has 36 heavy (non-hydrogen) atoms. The number of halogens is 2. The van der Waals surface area contributed by atoms with E-state index in [-0.39, 0.29) is 34.9 Å². The molecule has 1 atom stereocenters. The van der Waals surface area contributed by atoms with Crippen molar-refractivity contribution < 1.29 is 28.5 Å². The van der Waals surface area contributed by atoms with Crippen LogP contribution < -0.4 is 15.1 Å². The van der Waals surface area contributed by atoms with E-state index in [9.17, 15) is 24.2 Å². The number of phenolic OH excluding ortho intramolecular Hbond substituents is 1. The molecule has 5 rings (SSSR count). The van der Waals surface area contributed by atoms with E-state index in [4.69, 9.17) is 4.74 Å². The average molecular weight is 493 g/mol. The Morgan fingerprint density at radius 3 is 2.69 bits per heavy atom. The highest BCUT2D eigenvalue weighted by atomic mass is 19.1. The molecule has 2 aromatic heterocycles. The van der Waals surface area contributed by atoms with E-state index in [2.05, 4.69) is 4.98 Å². The van der Waals surface area contributed by atoms with Crippen LogP contribution in [0.1, 0.15) is 23.2 Å². The predicted octanol–water partition coefficient (Wildman–Crippen LogP) is 4.12. The highest BCUT2D eigenvalue weighted by Gasteiger charge is 2.29. The summed E-state index contributed by atoms with van der Waals surface area (Å²) in [7, 11) is 0. The Morgan fingerprint density at radius 1 is 1.14 bits per heavy atom. The number of anilines is 1. The van der Waals surface area contributed by atoms with Crippen LogP contribution in [0.4, 0.5) is 14.5 Å². The molecule has 2 aromatic carbocycles. The highest BCUT2D eigenvalue weighted by Crippen LogP contribution is 2.32. The Balaban J connectivity index is 1.62. The van der Waals surface area contributed by atoms with Crippen molar-refractivity contribution in [1.82, 2.24) is 9.55 Å². The van der Waals surface area contributed by atoms with Crippen LogP contribution in [0.2, 0.25) is 0 Å². The van der Waals surface area contributed by atoms with Crippen LogP contribution >= 0.6 is 0 Å². The number of rotatable bonds is 6. The lowest BCUT2D eigenvalue weighted by atomic mass is 10.1. The van der Waals surface area contributed by atoms with Gasteiger partial charge in [0.15, 0.2) is 11.6 Å². The van der Waals surface area contributed by atoms with Crippen molar-refractivity contribution in [3.05, 3.63) is 88.3 Å². The Bertz CT molecular complexity index is 1520. The van der Waals surface area contributed by atoms with Crippen LogP contribution in [0.25, 0.3) is 16.6 Å². The van der Waals surface area contributed by atoms with Crippen LogP contribution in [0.15, 0.2) is 65.7 Å². The van der Waals surface area contributed by atoms with Gasteiger partial charge in [0.05, 0.1) is 17.2 Å². The van der Waals surface area contributed by atoms with Gasteiger partial charge >= 0.3 is 5.97 Å². The second-order valence-electron chi connectivity index (χ2n) is 8.47. The smallest absolute Gasteiger partial charge is 0.341 e. The largest absolute Gasteiger partial charge is 0.505 e. The third-order valence-corrected chi connectivity index (χ3v) is 6.26. The summed E-state index contributed by atoms with van der Waals surface area (Å²) in [6.07, 6.45) is 4.23. The van der Waals surface area contributed by atoms with E-state index < -0.39 is 34.3 Å². The molecular formula is C26H21F2N3O5. The van der Waals surface area contributed by atoms with Gasteiger partial charge in [-0.3, -0.25) is 4.79 Å². The number of fused-ring (bicyclic) bond motifs is 1. The van der Waals surface area contributed by atoms with Crippen molar-refractivity contribution in [2.45, 2.75) is 18.9 Å². The topological polar surface area (TPSA) is 105 Å². The minimum absolute atomic E-state index is 0.159. The summed E-state index contributed by atoms with van der Waals surface area (Å²) in [5.41, 5.74) is -0.874. The molecule has 1 saturated heterocycles. The summed E-state index contributed by atoms with van der Waals surface area (Å²) >= 11 is 0. The van der Waals surface area contributed by atoms with Crippen LogP contribution in [0.3, 0.4) is 0 Å². The zero-order chi connectivity index (χ0) is 25.4. The van der Waals surface area contributed by atoms with E-state index in [1.807, 2.05) is 4.90 Å². The first-order valence-corrected chi connectivity index (χ1v) is 11.2. The highest BCUT2D eigenvalue weighted by molar-refractivity contribution is 5.94. The minimum atomic E-state index is -1.49. The standard InChI is InChI=1S/C26H21F2N3O5/c27-19-11-17-21(12-22(19)30-9-3-4-16(30)14-36-24-5-1-2-8-29-24)31(13-18(25(17)33)26(34)35)15-6-7-23(32)20(28)10-15/h1-2,5-8,10-13,16,32H,3-4,9,14H2,(H,34,35)/t16-/m1/s1. The zero-order valence-electron chi connectivity index (χ0n) is 18.9. The number of aromatic carboxylic acids is 1. The van der Waals surface area contributed by atoms with Gasteiger partial charge in [-0.25, -0.2) is 18.6 Å². The molecule has 0 aliphatic carbocycles. The number of nitrogens with zero attached hydrogens (tertiary/aromatic N) is 3. The lowest BCUT2D eigenvalue weighted by Gasteiger charge is -2.27. The molecule has 10 heteroatoms. The van der Waals surface area contributed by atoms with E-state index in [1.165, 1.54) is 16.7 Å². The molecule has 0 spiro atoms. The molecule has 0 bridgehead atoms. The van der Waals surface area contributed by atoms with Crippen LogP contribution in [0, 0.1) is 11.6 Å². The van der Waals surface area contributed by atoms with Crippen molar-refractivity contribution >= 4 is 22.6 Å². The molecule has 8 nitrogen and oxygen atoms in total. The number of hydrogen-bond acceptors (Lipinski definition) is 6. The molecular weight excluding hydrogens is 472 g/mol. The maximum absolute atomic E-state index is 15.4. The minimum Gasteiger partial charge on any atom is -0.505 e. The number of aromatic hydroxyl groups is 1. The van der Waals surface area contributed by atoms with Crippen molar-refractivity contribution in [2.75, 3.05) is 18.1 Å². The number of benzene rings is 2. The lowest BCUT2D eigenvalue weighted by Crippen LogP contribution is -2.35. The zero-order valence-corrected chi connectivity index (χ0v) is 18.9. The van der Waals surface area contributed by atoms with Gasteiger partial charge in [-0.2, -0.15) is 0 Å². The van der Waals surface area contributed by atoms with Crippen molar-refractivity contribution in [1.29, 1.82) is 0 Å². The summed E-state index contributed by atoms with van der Waals surface area (Å²) in [6, 6.07) is 11.1. The van der Waals surface area contributed by atoms with Gasteiger partial charge in [0.2, 0.25) is 11.3 Å². The molecule has 2 N–H and O–H groups in total. The fourth-order valence-corrected chi connectivity index (χ4v) is 4.51. The quantitative estimate of drug-likeness (QED) is 0.416. The van der Waals surface area contributed by atoms with Gasteiger partial charge in [-0.1, -0.05) is 6.07 Å². The van der Waals surface area contributed by atoms with E-state index in [0.29, 0.717) is 12.4 Å². The van der Waals surface area contributed by atoms with E-state index in [0.717, 1.165) is 37.2 Å². The maximum Gasteiger partial charge on any atom is 0.341 e. The molecule has 1 aliphatic rings. The fraction of sp³-hybridized carbons (Fsp3) is 0.192. The summed E-state index contributed by atoms with van der Waals surface area (Å²) in [6.45, 7) is 0.812. The third-order valence-electron chi connectivity index (χ3n) is 6.26. The van der Waals surface area contributed by atoms with Crippen LogP contribution in [-0.4, -0.2) is 44.9 Å². The Morgan fingerprint density at radius 2 is 1.97 bits per heavy atom. The molecule has 0 unspecified atom stereocenters. The van der Waals surface area contributed by atoms with Gasteiger partial charge in [0.25, 0.3) is 0 Å². The fourth-order valence-electron chi connectivity index (χ4n) is 4.51. The Kier molecular flexibility index (Phi) is 6.01. The summed E-state index contributed by atoms with van der Waals surface area (Å²) in [5.74, 6) is -3.24. The van der Waals surface area contributed by atoms with Crippen molar-refractivity contribution in [3.8, 4) is 17.3 Å². The first-order valence-electron chi connectivity index (χ1n) is 11.2. The molecule has 0 radical (unpaired) electrons. The van der Waals surface area contributed by atoms with Gasteiger partial charge in [-0.05, 0) is 43.2 Å².